The molecule has 516 valence electrons. The number of carboxylic acid groups (broad SMARTS) is 2. The molecule has 98 heavy (non-hydrogen) atoms. The standard InChI is InChI=1S/C34H38F2N7O7P.C30H30F2N7O7P/c1-34(2,3)50-51(47,48)49-16-42-14-20(18-9-19-30(44)21(33(45)46)13-41(6)31(19)38-11-18)29(43-8-7-17-12-40(5)15-24(17)43)26-25-27(36)22(35)10-23(37-4)28(25)39-32(26)42;1-33-20-7-19(31)24(32)22-23-26(39-5-4-14-9-36(2)12-21(14)39)17(11-38(13-46-47(43,44)45)29(23)35-25(20)22)15-6-16-27(40)18(30(41)42)10-37(3)28(16)34-8-15/h9-11,13-14,17,24,37H,7-8,12,15-16H2,1-6H3,(H,45,46)(H,47,48);6-8,10-11,14,21,33H,4-5,9,12-13H2,1-3H3,(H,41,42)(H2,43,44,45)/t17-,24+;14-,21+/m11/s1. The van der Waals surface area contributed by atoms with Crippen molar-refractivity contribution >= 4 is 94.2 Å². The number of aromatic nitrogens is 8. The van der Waals surface area contributed by atoms with Gasteiger partial charge < -0.3 is 73.4 Å². The Balaban J connectivity index is 0.000000177. The van der Waals surface area contributed by atoms with Gasteiger partial charge in [0.15, 0.2) is 23.3 Å². The molecule has 7 N–H and O–H groups in total. The molecule has 1 unspecified atom stereocenters. The quantitative estimate of drug-likeness (QED) is 0.0374. The predicted octanol–water partition coefficient (Wildman–Crippen LogP) is 8.38. The van der Waals surface area contributed by atoms with Crippen LogP contribution in [0.1, 0.15) is 54.3 Å². The van der Waals surface area contributed by atoms with Gasteiger partial charge in [0.25, 0.3) is 0 Å². The molecule has 0 bridgehead atoms. The highest BCUT2D eigenvalue weighted by Gasteiger charge is 2.46. The number of carboxylic acids is 2. The van der Waals surface area contributed by atoms with Crippen LogP contribution in [0, 0.1) is 35.1 Å². The van der Waals surface area contributed by atoms with E-state index in [-0.39, 0.29) is 102 Å². The van der Waals surface area contributed by atoms with Gasteiger partial charge in [0.1, 0.15) is 47.5 Å². The van der Waals surface area contributed by atoms with Crippen LogP contribution in [0.5, 0.6) is 0 Å². The zero-order valence-corrected chi connectivity index (χ0v) is 56.1. The third kappa shape index (κ3) is 11.9. The number of nitrogens with one attached hydrogen (secondary N) is 2. The van der Waals surface area contributed by atoms with E-state index in [1.807, 2.05) is 14.1 Å². The number of hydrogen-bond acceptors (Lipinski definition) is 19. The van der Waals surface area contributed by atoms with E-state index in [0.29, 0.717) is 59.8 Å². The smallest absolute Gasteiger partial charge is 0.474 e. The number of phosphoric acid groups is 2. The van der Waals surface area contributed by atoms with Crippen molar-refractivity contribution in [3.05, 3.63) is 116 Å². The van der Waals surface area contributed by atoms with Crippen LogP contribution in [0.4, 0.5) is 40.3 Å². The maximum Gasteiger partial charge on any atom is 0.474 e. The van der Waals surface area contributed by atoms with Gasteiger partial charge >= 0.3 is 27.6 Å². The number of aryl methyl sites for hydroxylation is 2. The van der Waals surface area contributed by atoms with Gasteiger partial charge in [-0.15, -0.1) is 0 Å². The minimum absolute atomic E-state index is 0.00728. The van der Waals surface area contributed by atoms with Crippen molar-refractivity contribution in [3.63, 3.8) is 0 Å². The Morgan fingerprint density at radius 2 is 1.03 bits per heavy atom. The fourth-order valence-electron chi connectivity index (χ4n) is 14.6. The molecule has 5 atom stereocenters. The molecule has 2 aromatic carbocycles. The Kier molecular flexibility index (Phi) is 17.1. The highest BCUT2D eigenvalue weighted by molar-refractivity contribution is 7.47. The summed E-state index contributed by atoms with van der Waals surface area (Å²) in [6.07, 6.45) is 10.1. The molecule has 34 heteroatoms. The minimum Gasteiger partial charge on any atom is -0.477 e. The van der Waals surface area contributed by atoms with E-state index < -0.39 is 91.9 Å². The summed E-state index contributed by atoms with van der Waals surface area (Å²) in [6.45, 7) is 7.68. The van der Waals surface area contributed by atoms with Gasteiger partial charge in [-0.1, -0.05) is 0 Å². The predicted molar refractivity (Wildman–Crippen MR) is 356 cm³/mol. The van der Waals surface area contributed by atoms with Crippen LogP contribution in [0.25, 0.3) is 88.9 Å². The first-order valence-electron chi connectivity index (χ1n) is 31.0. The Hall–Kier alpha value is -8.94. The molecule has 0 aliphatic carbocycles. The minimum atomic E-state index is -5.00. The molecule has 4 aromatic heterocycles. The topological polar surface area (TPSA) is 340 Å². The summed E-state index contributed by atoms with van der Waals surface area (Å²) in [7, 11) is 0.613. The second-order valence-corrected chi connectivity index (χ2v) is 28.9. The van der Waals surface area contributed by atoms with Crippen LogP contribution < -0.4 is 31.3 Å². The molecule has 0 radical (unpaired) electrons. The summed E-state index contributed by atoms with van der Waals surface area (Å²) < 4.78 is 109. The fraction of sp³-hybridized carbons (Fsp3) is 0.375. The zero-order valence-electron chi connectivity index (χ0n) is 54.3. The lowest BCUT2D eigenvalue weighted by Crippen LogP contribution is -2.35. The molecule has 12 heterocycles. The monoisotopic (exact) mass is 1390 g/mol. The first-order valence-corrected chi connectivity index (χ1v) is 34.1. The number of carbonyl (C=O) groups is 2. The number of hydrogen-bond donors (Lipinski definition) is 7. The molecule has 0 spiro atoms. The van der Waals surface area contributed by atoms with Crippen molar-refractivity contribution in [2.24, 2.45) is 25.9 Å². The lowest BCUT2D eigenvalue weighted by Gasteiger charge is -2.32. The van der Waals surface area contributed by atoms with Crippen molar-refractivity contribution in [1.29, 1.82) is 0 Å². The average molecular weight is 1400 g/mol. The van der Waals surface area contributed by atoms with Crippen molar-refractivity contribution in [3.8, 4) is 45.0 Å². The summed E-state index contributed by atoms with van der Waals surface area (Å²) in [4.78, 5) is 108. The normalized spacial score (nSPS) is 19.0. The van der Waals surface area contributed by atoms with Gasteiger partial charge in [-0.05, 0) is 71.7 Å². The van der Waals surface area contributed by atoms with E-state index in [4.69, 9.17) is 18.6 Å². The number of nitrogens with zero attached hydrogens (tertiary/aromatic N) is 12. The third-order valence-electron chi connectivity index (χ3n) is 18.7. The highest BCUT2D eigenvalue weighted by atomic mass is 31.2. The molecule has 8 aliphatic rings. The maximum absolute atomic E-state index is 16.2. The van der Waals surface area contributed by atoms with Gasteiger partial charge in [-0.3, -0.25) is 23.2 Å². The molecule has 0 amide bonds. The van der Waals surface area contributed by atoms with Crippen molar-refractivity contribution < 1.29 is 74.7 Å². The molecule has 28 nitrogen and oxygen atoms in total. The number of likely N-dealkylation sites (N-methyl/N-ethyl adjacent to an activating group) is 2. The number of pyridine rings is 6. The molecule has 6 aromatic rings. The number of aromatic carboxylic acids is 2. The molecular weight excluding hydrogens is 1330 g/mol. The molecule has 4 saturated heterocycles. The number of phosphoric ester groups is 2. The summed E-state index contributed by atoms with van der Waals surface area (Å²) in [5.74, 6) is -6.52. The lowest BCUT2D eigenvalue weighted by molar-refractivity contribution is 0.0485. The van der Waals surface area contributed by atoms with Gasteiger partial charge in [0.05, 0.1) is 72.1 Å². The number of rotatable bonds is 15. The van der Waals surface area contributed by atoms with Crippen LogP contribution in [0.3, 0.4) is 0 Å². The largest absolute Gasteiger partial charge is 0.477 e. The first-order chi connectivity index (χ1) is 46.2. The average Bonchev–Trinajstić information content (AvgIpc) is 1.55. The lowest BCUT2D eigenvalue weighted by atomic mass is 9.97. The van der Waals surface area contributed by atoms with Crippen LogP contribution in [0.15, 0.2) is 71.0 Å². The second kappa shape index (κ2) is 24.8. The number of anilines is 4. The number of likely N-dealkylation sites (tertiary alicyclic amines) is 2. The molecule has 8 aliphatic heterocycles. The Labute approximate surface area is 554 Å². The van der Waals surface area contributed by atoms with E-state index in [9.17, 15) is 53.2 Å². The highest BCUT2D eigenvalue weighted by Crippen LogP contribution is 2.54. The maximum atomic E-state index is 16.2. The summed E-state index contributed by atoms with van der Waals surface area (Å²) in [5, 5.41) is 25.0. The Morgan fingerprint density at radius 1 is 0.622 bits per heavy atom. The van der Waals surface area contributed by atoms with Gasteiger partial charge in [0.2, 0.25) is 10.9 Å². The van der Waals surface area contributed by atoms with E-state index in [2.05, 4.69) is 45.2 Å². The Bertz CT molecular complexity index is 5150. The molecule has 4 fully saturated rings. The van der Waals surface area contributed by atoms with Crippen molar-refractivity contribution in [2.45, 2.75) is 64.8 Å². The number of benzene rings is 2. The summed E-state index contributed by atoms with van der Waals surface area (Å²) in [5.41, 5.74) is 0.512. The second-order valence-electron chi connectivity index (χ2n) is 26.2. The van der Waals surface area contributed by atoms with Crippen LogP contribution in [-0.2, 0) is 50.3 Å². The molecule has 14 rings (SSSR count). The first kappa shape index (κ1) is 67.6. The van der Waals surface area contributed by atoms with E-state index in [0.717, 1.165) is 38.1 Å². The number of fused-ring (bicyclic) bond motifs is 10. The summed E-state index contributed by atoms with van der Waals surface area (Å²) in [6, 6.07) is 4.99. The third-order valence-corrected chi connectivity index (χ3v) is 20.3. The van der Waals surface area contributed by atoms with Gasteiger partial charge in [-0.25, -0.2) is 56.2 Å². The fourth-order valence-corrected chi connectivity index (χ4v) is 15.9. The van der Waals surface area contributed by atoms with Crippen LogP contribution in [0.2, 0.25) is 0 Å². The van der Waals surface area contributed by atoms with Crippen molar-refractivity contribution in [2.75, 3.05) is 87.9 Å². The number of halogens is 4. The summed E-state index contributed by atoms with van der Waals surface area (Å²) >= 11 is 0. The van der Waals surface area contributed by atoms with E-state index >= 15 is 17.6 Å². The van der Waals surface area contributed by atoms with E-state index in [1.54, 1.807) is 48.1 Å². The Morgan fingerprint density at radius 3 is 1.41 bits per heavy atom. The van der Waals surface area contributed by atoms with Crippen LogP contribution in [-0.4, -0.2) is 170 Å². The zero-order chi connectivity index (χ0) is 70.3. The van der Waals surface area contributed by atoms with Crippen LogP contribution >= 0.6 is 15.6 Å². The van der Waals surface area contributed by atoms with Gasteiger partial charge in [0, 0.05) is 151 Å². The van der Waals surface area contributed by atoms with E-state index in [1.165, 1.54) is 68.4 Å². The van der Waals surface area contributed by atoms with Crippen molar-refractivity contribution in [1.82, 2.24) is 48.0 Å². The molecule has 0 saturated carbocycles. The SMILES string of the molecule is CNc1cc(F)c(F)c2c3c(N4CC[C@@H]5CN(C)C[C@@H]54)c(-c4cnc5c(c4)c(=O)c(C(=O)O)cn5C)cn(COP(=O)(O)O)c-3nc12.CNc1cc(F)c(F)c2c3c(N4CC[C@@H]5CN(C)C[C@@H]54)c(-c4cnc5c(c4)c(=O)c(C(=O)O)cn5C)cn(COP(=O)(O)OC(C)(C)C)c-3nc12. The van der Waals surface area contributed by atoms with Gasteiger partial charge in [-0.2, -0.15) is 0 Å². The molecular formula is C64H68F4N14O14P2.